The minimum atomic E-state index is -0.0813. The highest BCUT2D eigenvalue weighted by atomic mass is 127. The Morgan fingerprint density at radius 1 is 1.50 bits per heavy atom. The van der Waals surface area contributed by atoms with E-state index in [2.05, 4.69) is 27.5 Å². The number of piperidine rings is 1. The summed E-state index contributed by atoms with van der Waals surface area (Å²) in [5.74, 6) is 0.782. The van der Waals surface area contributed by atoms with Gasteiger partial charge in [-0.15, -0.1) is 35.3 Å². The summed E-state index contributed by atoms with van der Waals surface area (Å²) >= 11 is 1.72. The molecule has 2 rings (SSSR count). The van der Waals surface area contributed by atoms with Crippen molar-refractivity contribution in [1.29, 1.82) is 0 Å². The fraction of sp³-hybridized carbons (Fsp3) is 0.722. The molecule has 2 heterocycles. The summed E-state index contributed by atoms with van der Waals surface area (Å²) in [6, 6.07) is 0. The molecule has 0 amide bonds. The summed E-state index contributed by atoms with van der Waals surface area (Å²) in [5.41, 5.74) is 1.09. The van der Waals surface area contributed by atoms with E-state index in [1.807, 2.05) is 13.8 Å². The van der Waals surface area contributed by atoms with Gasteiger partial charge in [0, 0.05) is 43.7 Å². The minimum Gasteiger partial charge on any atom is -0.466 e. The van der Waals surface area contributed by atoms with Gasteiger partial charge in [-0.3, -0.25) is 9.79 Å². The van der Waals surface area contributed by atoms with Crippen molar-refractivity contribution in [3.63, 3.8) is 0 Å². The summed E-state index contributed by atoms with van der Waals surface area (Å²) in [5, 5.41) is 6.63. The van der Waals surface area contributed by atoms with Crippen LogP contribution in [0.4, 0.5) is 0 Å². The second-order valence-electron chi connectivity index (χ2n) is 6.26. The van der Waals surface area contributed by atoms with E-state index in [4.69, 9.17) is 9.73 Å². The van der Waals surface area contributed by atoms with Crippen LogP contribution >= 0.6 is 35.3 Å². The van der Waals surface area contributed by atoms with Gasteiger partial charge in [-0.1, -0.05) is 0 Å². The van der Waals surface area contributed by atoms with Crippen molar-refractivity contribution < 1.29 is 9.53 Å². The van der Waals surface area contributed by atoms with Crippen molar-refractivity contribution >= 4 is 47.2 Å². The molecule has 1 atom stereocenters. The van der Waals surface area contributed by atoms with E-state index in [-0.39, 0.29) is 35.9 Å². The number of esters is 1. The van der Waals surface area contributed by atoms with Crippen LogP contribution < -0.4 is 5.32 Å². The van der Waals surface area contributed by atoms with Gasteiger partial charge in [0.05, 0.1) is 17.5 Å². The second kappa shape index (κ2) is 12.5. The first-order valence-corrected chi connectivity index (χ1v) is 10.1. The first-order chi connectivity index (χ1) is 12.1. The maximum atomic E-state index is 12.0. The largest absolute Gasteiger partial charge is 0.466 e. The molecule has 1 N–H and O–H groups in total. The Bertz CT molecular complexity index is 579. The van der Waals surface area contributed by atoms with Gasteiger partial charge in [-0.05, 0) is 40.0 Å². The van der Waals surface area contributed by atoms with Gasteiger partial charge in [0.1, 0.15) is 0 Å². The highest BCUT2D eigenvalue weighted by molar-refractivity contribution is 14.0. The van der Waals surface area contributed by atoms with Crippen molar-refractivity contribution in [2.45, 2.75) is 46.5 Å². The fourth-order valence-corrected chi connectivity index (χ4v) is 3.80. The molecular formula is C18H31IN4O2S. The molecular weight excluding hydrogens is 463 g/mol. The predicted molar refractivity (Wildman–Crippen MR) is 117 cm³/mol. The Morgan fingerprint density at radius 2 is 2.31 bits per heavy atom. The molecule has 148 valence electrons. The monoisotopic (exact) mass is 494 g/mol. The standard InChI is InChI=1S/C18H30N4O2S.HI/c1-4-19-18(20-10-6-9-16-21-14(3)13-25-16)22-11-7-8-15(12-22)17(23)24-5-2;/h13,15H,4-12H2,1-3H3,(H,19,20);1H. The molecule has 1 aliphatic heterocycles. The van der Waals surface area contributed by atoms with Gasteiger partial charge in [-0.25, -0.2) is 4.98 Å². The maximum Gasteiger partial charge on any atom is 0.310 e. The zero-order valence-corrected chi connectivity index (χ0v) is 19.1. The van der Waals surface area contributed by atoms with Gasteiger partial charge in [0.2, 0.25) is 0 Å². The zero-order chi connectivity index (χ0) is 18.1. The van der Waals surface area contributed by atoms with Crippen molar-refractivity contribution in [3.8, 4) is 0 Å². The third kappa shape index (κ3) is 7.38. The molecule has 6 nitrogen and oxygen atoms in total. The molecule has 0 aromatic carbocycles. The average molecular weight is 494 g/mol. The van der Waals surface area contributed by atoms with Crippen LogP contribution in [0, 0.1) is 12.8 Å². The number of carbonyl (C=O) groups excluding carboxylic acids is 1. The lowest BCUT2D eigenvalue weighted by atomic mass is 9.98. The summed E-state index contributed by atoms with van der Waals surface area (Å²) in [6.07, 6.45) is 3.84. The summed E-state index contributed by atoms with van der Waals surface area (Å²) in [7, 11) is 0. The topological polar surface area (TPSA) is 66.8 Å². The first kappa shape index (κ1) is 23.1. The number of rotatable bonds is 7. The van der Waals surface area contributed by atoms with E-state index >= 15 is 0 Å². The minimum absolute atomic E-state index is 0. The molecule has 1 fully saturated rings. The molecule has 1 aromatic rings. The molecule has 0 spiro atoms. The predicted octanol–water partition coefficient (Wildman–Crippen LogP) is 3.24. The number of aliphatic imine (C=N–C) groups is 1. The van der Waals surface area contributed by atoms with Gasteiger partial charge in [0.25, 0.3) is 0 Å². The molecule has 0 saturated carbocycles. The number of likely N-dealkylation sites (tertiary alicyclic amines) is 1. The molecule has 0 bridgehead atoms. The summed E-state index contributed by atoms with van der Waals surface area (Å²) < 4.78 is 5.19. The van der Waals surface area contributed by atoms with Crippen LogP contribution in [0.2, 0.25) is 0 Å². The summed E-state index contributed by atoms with van der Waals surface area (Å²) in [6.45, 7) is 9.61. The molecule has 1 saturated heterocycles. The normalized spacial score (nSPS) is 17.6. The molecule has 0 radical (unpaired) electrons. The number of thiazole rings is 1. The Labute approximate surface area is 177 Å². The number of hydrogen-bond donors (Lipinski definition) is 1. The number of hydrogen-bond acceptors (Lipinski definition) is 5. The van der Waals surface area contributed by atoms with E-state index in [0.29, 0.717) is 13.2 Å². The van der Waals surface area contributed by atoms with Crippen LogP contribution in [0.1, 0.15) is 43.8 Å². The van der Waals surface area contributed by atoms with Crippen LogP contribution in [0.25, 0.3) is 0 Å². The molecule has 8 heteroatoms. The number of nitrogens with one attached hydrogen (secondary N) is 1. The SMILES string of the molecule is CCNC(=NCCCc1nc(C)cs1)N1CCCC(C(=O)OCC)C1.I. The van der Waals surface area contributed by atoms with E-state index in [0.717, 1.165) is 57.0 Å². The second-order valence-corrected chi connectivity index (χ2v) is 7.20. The van der Waals surface area contributed by atoms with Crippen molar-refractivity contribution in [2.75, 3.05) is 32.8 Å². The zero-order valence-electron chi connectivity index (χ0n) is 16.0. The van der Waals surface area contributed by atoms with Crippen LogP contribution in [-0.4, -0.2) is 54.6 Å². The Balaban J connectivity index is 0.00000338. The van der Waals surface area contributed by atoms with Gasteiger partial charge >= 0.3 is 5.97 Å². The van der Waals surface area contributed by atoms with Crippen LogP contribution in [-0.2, 0) is 16.0 Å². The number of halogens is 1. The lowest BCUT2D eigenvalue weighted by Crippen LogP contribution is -2.48. The number of nitrogens with zero attached hydrogens (tertiary/aromatic N) is 3. The van der Waals surface area contributed by atoms with Crippen LogP contribution in [0.5, 0.6) is 0 Å². The molecule has 1 unspecified atom stereocenters. The van der Waals surface area contributed by atoms with E-state index in [1.165, 1.54) is 5.01 Å². The van der Waals surface area contributed by atoms with E-state index < -0.39 is 0 Å². The quantitative estimate of drug-likeness (QED) is 0.207. The van der Waals surface area contributed by atoms with Crippen molar-refractivity contribution in [3.05, 3.63) is 16.1 Å². The Kier molecular flexibility index (Phi) is 11.1. The number of aromatic nitrogens is 1. The van der Waals surface area contributed by atoms with Gasteiger partial charge in [0.15, 0.2) is 5.96 Å². The summed E-state index contributed by atoms with van der Waals surface area (Å²) in [4.78, 5) is 23.5. The third-order valence-electron chi connectivity index (χ3n) is 4.15. The van der Waals surface area contributed by atoms with E-state index in [1.54, 1.807) is 11.3 Å². The number of carbonyl (C=O) groups is 1. The van der Waals surface area contributed by atoms with Crippen LogP contribution in [0.3, 0.4) is 0 Å². The van der Waals surface area contributed by atoms with Crippen molar-refractivity contribution in [1.82, 2.24) is 15.2 Å². The number of guanidine groups is 1. The van der Waals surface area contributed by atoms with Gasteiger partial charge < -0.3 is 15.0 Å². The molecule has 26 heavy (non-hydrogen) atoms. The third-order valence-corrected chi connectivity index (χ3v) is 5.18. The highest BCUT2D eigenvalue weighted by Crippen LogP contribution is 2.18. The maximum absolute atomic E-state index is 12.0. The molecule has 0 aliphatic carbocycles. The van der Waals surface area contributed by atoms with E-state index in [9.17, 15) is 4.79 Å². The lowest BCUT2D eigenvalue weighted by Gasteiger charge is -2.34. The Hall–Kier alpha value is -0.900. The van der Waals surface area contributed by atoms with Gasteiger partial charge in [-0.2, -0.15) is 0 Å². The smallest absolute Gasteiger partial charge is 0.310 e. The lowest BCUT2D eigenvalue weighted by molar-refractivity contribution is -0.149. The average Bonchev–Trinajstić information content (AvgIpc) is 3.03. The number of aryl methyl sites for hydroxylation is 2. The van der Waals surface area contributed by atoms with Crippen LogP contribution in [0.15, 0.2) is 10.4 Å². The molecule has 1 aliphatic rings. The first-order valence-electron chi connectivity index (χ1n) is 9.25. The Morgan fingerprint density at radius 3 is 2.96 bits per heavy atom. The molecule has 1 aromatic heterocycles. The van der Waals surface area contributed by atoms with Crippen molar-refractivity contribution in [2.24, 2.45) is 10.9 Å². The fourth-order valence-electron chi connectivity index (χ4n) is 2.98. The highest BCUT2D eigenvalue weighted by Gasteiger charge is 2.28. The number of ether oxygens (including phenoxy) is 1.